The smallest absolute Gasteiger partial charge is 0.224 e. The van der Waals surface area contributed by atoms with Crippen LogP contribution in [0, 0.1) is 4.77 Å². The van der Waals surface area contributed by atoms with E-state index < -0.39 is 0 Å². The van der Waals surface area contributed by atoms with Gasteiger partial charge < -0.3 is 4.90 Å². The molecule has 0 saturated carbocycles. The Kier molecular flexibility index (Phi) is 5.04. The maximum atomic E-state index is 12.4. The molecule has 0 spiro atoms. The third kappa shape index (κ3) is 3.47. The van der Waals surface area contributed by atoms with Crippen LogP contribution in [0.5, 0.6) is 0 Å². The van der Waals surface area contributed by atoms with Crippen LogP contribution in [0.1, 0.15) is 32.1 Å². The Morgan fingerprint density at radius 1 is 1.32 bits per heavy atom. The number of hydrogen-bond donors (Lipinski definition) is 1. The van der Waals surface area contributed by atoms with E-state index >= 15 is 0 Å². The molecule has 5 nitrogen and oxygen atoms in total. The number of hydrogen-bond acceptors (Lipinski definition) is 4. The van der Waals surface area contributed by atoms with Gasteiger partial charge in [0.2, 0.25) is 5.91 Å². The molecular formula is C15H20N4OS2. The molecule has 1 fully saturated rings. The Hall–Kier alpha value is -1.47. The van der Waals surface area contributed by atoms with Crippen LogP contribution in [0.4, 0.5) is 0 Å². The van der Waals surface area contributed by atoms with Crippen molar-refractivity contribution in [3.05, 3.63) is 22.3 Å². The molecule has 0 radical (unpaired) electrons. The summed E-state index contributed by atoms with van der Waals surface area (Å²) in [5.41, 5.74) is 0. The minimum atomic E-state index is 0.224. The van der Waals surface area contributed by atoms with Crippen molar-refractivity contribution >= 4 is 29.5 Å². The van der Waals surface area contributed by atoms with Gasteiger partial charge in [-0.3, -0.25) is 14.5 Å². The second kappa shape index (κ2) is 7.19. The molecule has 118 valence electrons. The summed E-state index contributed by atoms with van der Waals surface area (Å²) in [7, 11) is 0. The number of carbonyl (C=O) groups excluding carboxylic acids is 1. The lowest BCUT2D eigenvalue weighted by molar-refractivity contribution is -0.131. The van der Waals surface area contributed by atoms with Crippen molar-refractivity contribution in [2.24, 2.45) is 0 Å². The van der Waals surface area contributed by atoms with E-state index in [0.29, 0.717) is 17.7 Å². The average molecular weight is 336 g/mol. The molecule has 1 amide bonds. The highest BCUT2D eigenvalue weighted by Gasteiger charge is 2.17. The predicted molar refractivity (Wildman–Crippen MR) is 90.4 cm³/mol. The summed E-state index contributed by atoms with van der Waals surface area (Å²) in [5.74, 6) is 1.05. The lowest BCUT2D eigenvalue weighted by Crippen LogP contribution is -2.32. The molecule has 7 heteroatoms. The van der Waals surface area contributed by atoms with Gasteiger partial charge >= 0.3 is 0 Å². The van der Waals surface area contributed by atoms with Crippen LogP contribution in [0.3, 0.4) is 0 Å². The summed E-state index contributed by atoms with van der Waals surface area (Å²) in [6.07, 6.45) is 5.19. The molecule has 1 aliphatic heterocycles. The maximum absolute atomic E-state index is 12.4. The van der Waals surface area contributed by atoms with Gasteiger partial charge in [-0.25, -0.2) is 0 Å². The van der Waals surface area contributed by atoms with E-state index in [2.05, 4.69) is 10.2 Å². The standard InChI is InChI=1S/C15H20N4OS2/c20-13(18-8-3-1-2-4-9-18)7-10-19-14(16-17-15(19)21)12-6-5-11-22-12/h5-6,11H,1-4,7-10H2,(H,17,21). The number of H-pyrrole nitrogens is 1. The monoisotopic (exact) mass is 336 g/mol. The fourth-order valence-electron chi connectivity index (χ4n) is 2.80. The first-order valence-corrected chi connectivity index (χ1v) is 9.01. The zero-order valence-electron chi connectivity index (χ0n) is 12.5. The second-order valence-electron chi connectivity index (χ2n) is 5.53. The summed E-state index contributed by atoms with van der Waals surface area (Å²) >= 11 is 6.93. The predicted octanol–water partition coefficient (Wildman–Crippen LogP) is 3.46. The number of aromatic nitrogens is 3. The minimum absolute atomic E-state index is 0.224. The Bertz CT molecular complexity index is 666. The topological polar surface area (TPSA) is 53.9 Å². The zero-order chi connectivity index (χ0) is 15.4. The molecule has 3 rings (SSSR count). The zero-order valence-corrected chi connectivity index (χ0v) is 14.1. The maximum Gasteiger partial charge on any atom is 0.224 e. The van der Waals surface area contributed by atoms with Gasteiger partial charge in [-0.05, 0) is 36.5 Å². The number of nitrogens with one attached hydrogen (secondary N) is 1. The van der Waals surface area contributed by atoms with Crippen molar-refractivity contribution in [1.29, 1.82) is 0 Å². The van der Waals surface area contributed by atoms with Crippen LogP contribution in [-0.2, 0) is 11.3 Å². The van der Waals surface area contributed by atoms with E-state index in [0.717, 1.165) is 36.6 Å². The Morgan fingerprint density at radius 2 is 2.09 bits per heavy atom. The highest BCUT2D eigenvalue weighted by Crippen LogP contribution is 2.23. The molecule has 0 unspecified atom stereocenters. The number of nitrogens with zero attached hydrogens (tertiary/aromatic N) is 3. The van der Waals surface area contributed by atoms with E-state index in [1.54, 1.807) is 11.3 Å². The van der Waals surface area contributed by atoms with Crippen LogP contribution >= 0.6 is 23.6 Å². The van der Waals surface area contributed by atoms with Gasteiger partial charge in [-0.2, -0.15) is 5.10 Å². The highest BCUT2D eigenvalue weighted by molar-refractivity contribution is 7.71. The summed E-state index contributed by atoms with van der Waals surface area (Å²) in [4.78, 5) is 15.5. The van der Waals surface area contributed by atoms with Gasteiger partial charge in [0.15, 0.2) is 10.6 Å². The van der Waals surface area contributed by atoms with E-state index in [4.69, 9.17) is 12.2 Å². The van der Waals surface area contributed by atoms with Crippen molar-refractivity contribution < 1.29 is 4.79 Å². The quantitative estimate of drug-likeness (QED) is 0.870. The summed E-state index contributed by atoms with van der Waals surface area (Å²) in [6, 6.07) is 4.01. The first-order valence-electron chi connectivity index (χ1n) is 7.72. The number of likely N-dealkylation sites (tertiary alicyclic amines) is 1. The molecule has 2 aromatic rings. The molecule has 0 aromatic carbocycles. The van der Waals surface area contributed by atoms with Crippen molar-refractivity contribution in [2.75, 3.05) is 13.1 Å². The average Bonchev–Trinajstić information content (AvgIpc) is 3.07. The largest absolute Gasteiger partial charge is 0.343 e. The van der Waals surface area contributed by atoms with Crippen molar-refractivity contribution in [3.8, 4) is 10.7 Å². The SMILES string of the molecule is O=C(CCn1c(-c2cccs2)n[nH]c1=S)N1CCCCCC1. The number of rotatable bonds is 4. The second-order valence-corrected chi connectivity index (χ2v) is 6.86. The van der Waals surface area contributed by atoms with Gasteiger partial charge in [0.05, 0.1) is 4.88 Å². The third-order valence-corrected chi connectivity index (χ3v) is 5.19. The number of thiophene rings is 1. The van der Waals surface area contributed by atoms with Crippen molar-refractivity contribution in [1.82, 2.24) is 19.7 Å². The molecule has 0 atom stereocenters. The van der Waals surface area contributed by atoms with Crippen molar-refractivity contribution in [2.45, 2.75) is 38.6 Å². The fraction of sp³-hybridized carbons (Fsp3) is 0.533. The van der Waals surface area contributed by atoms with Crippen LogP contribution in [0.2, 0.25) is 0 Å². The van der Waals surface area contributed by atoms with Gasteiger partial charge in [0, 0.05) is 26.1 Å². The highest BCUT2D eigenvalue weighted by atomic mass is 32.1. The third-order valence-electron chi connectivity index (χ3n) is 4.01. The molecule has 3 heterocycles. The number of carbonyl (C=O) groups is 1. The Labute approximate surface area is 139 Å². The van der Waals surface area contributed by atoms with E-state index in [1.165, 1.54) is 12.8 Å². The van der Waals surface area contributed by atoms with Gasteiger partial charge in [0.1, 0.15) is 0 Å². The molecule has 1 N–H and O–H groups in total. The summed E-state index contributed by atoms with van der Waals surface area (Å²) in [6.45, 7) is 2.37. The first kappa shape index (κ1) is 15.4. The molecule has 0 aliphatic carbocycles. The van der Waals surface area contributed by atoms with Gasteiger partial charge in [-0.15, -0.1) is 11.3 Å². The van der Waals surface area contributed by atoms with Gasteiger partial charge in [-0.1, -0.05) is 18.9 Å². The van der Waals surface area contributed by atoms with Crippen LogP contribution in [0.25, 0.3) is 10.7 Å². The fourth-order valence-corrected chi connectivity index (χ4v) is 3.75. The van der Waals surface area contributed by atoms with Crippen molar-refractivity contribution in [3.63, 3.8) is 0 Å². The summed E-state index contributed by atoms with van der Waals surface area (Å²) in [5, 5.41) is 9.14. The van der Waals surface area contributed by atoms with Gasteiger partial charge in [0.25, 0.3) is 0 Å². The molecule has 1 saturated heterocycles. The van der Waals surface area contributed by atoms with Crippen LogP contribution < -0.4 is 0 Å². The Balaban J connectivity index is 1.67. The Morgan fingerprint density at radius 3 is 2.77 bits per heavy atom. The number of aromatic amines is 1. The van der Waals surface area contributed by atoms with E-state index in [-0.39, 0.29) is 5.91 Å². The van der Waals surface area contributed by atoms with E-state index in [9.17, 15) is 4.79 Å². The molecule has 0 bridgehead atoms. The first-order chi connectivity index (χ1) is 10.8. The number of amides is 1. The molecule has 2 aromatic heterocycles. The molecule has 22 heavy (non-hydrogen) atoms. The minimum Gasteiger partial charge on any atom is -0.343 e. The molecular weight excluding hydrogens is 316 g/mol. The normalized spacial score (nSPS) is 15.7. The molecule has 1 aliphatic rings. The van der Waals surface area contributed by atoms with Crippen LogP contribution in [-0.4, -0.2) is 38.7 Å². The van der Waals surface area contributed by atoms with E-state index in [1.807, 2.05) is 27.0 Å². The lowest BCUT2D eigenvalue weighted by atomic mass is 10.2. The lowest BCUT2D eigenvalue weighted by Gasteiger charge is -2.20. The van der Waals surface area contributed by atoms with Crippen LogP contribution in [0.15, 0.2) is 17.5 Å². The summed E-state index contributed by atoms with van der Waals surface area (Å²) < 4.78 is 2.50.